The Labute approximate surface area is 199 Å². The number of methoxy groups -OCH3 is 1. The van der Waals surface area contributed by atoms with Gasteiger partial charge in [-0.1, -0.05) is 42.0 Å². The van der Waals surface area contributed by atoms with E-state index in [4.69, 9.17) is 21.1 Å². The standard InChI is InChI=1S/C24H20BrClN2O4/c1-31-19-9-13(8-17(25)22(19)32-12-16-4-2-3-5-18(16)26)11-27-28-23(29)20-14-6-7-15(10-14)21(20)24(28)30/h2-9,11,14-15,20-21H,10,12H2,1H3/b27-11-/t14-,15-,20-,21+/m0/s1. The normalized spacial score (nSPS) is 25.8. The minimum Gasteiger partial charge on any atom is -0.493 e. The van der Waals surface area contributed by atoms with E-state index in [9.17, 15) is 9.59 Å². The minimum absolute atomic E-state index is 0.158. The summed E-state index contributed by atoms with van der Waals surface area (Å²) in [5, 5.41) is 5.89. The van der Waals surface area contributed by atoms with Gasteiger partial charge >= 0.3 is 0 Å². The van der Waals surface area contributed by atoms with E-state index in [1.165, 1.54) is 6.21 Å². The third-order valence-corrected chi connectivity index (χ3v) is 7.31. The highest BCUT2D eigenvalue weighted by molar-refractivity contribution is 9.10. The Kier molecular flexibility index (Phi) is 5.55. The number of carbonyl (C=O) groups excluding carboxylic acids is 2. The van der Waals surface area contributed by atoms with Crippen molar-refractivity contribution in [2.45, 2.75) is 13.0 Å². The second-order valence-corrected chi connectivity index (χ2v) is 9.41. The lowest BCUT2D eigenvalue weighted by Crippen LogP contribution is -2.28. The molecule has 0 spiro atoms. The minimum atomic E-state index is -0.267. The summed E-state index contributed by atoms with van der Waals surface area (Å²) in [5.41, 5.74) is 1.52. The maximum absolute atomic E-state index is 12.8. The smallest absolute Gasteiger partial charge is 0.254 e. The molecule has 1 aliphatic heterocycles. The number of hydrogen-bond donors (Lipinski definition) is 0. The van der Waals surface area contributed by atoms with Gasteiger partial charge in [0.25, 0.3) is 11.8 Å². The Hall–Kier alpha value is -2.64. The van der Waals surface area contributed by atoms with Crippen LogP contribution in [0.4, 0.5) is 0 Å². The van der Waals surface area contributed by atoms with E-state index in [1.54, 1.807) is 19.2 Å². The van der Waals surface area contributed by atoms with Crippen LogP contribution >= 0.6 is 27.5 Å². The molecule has 6 nitrogen and oxygen atoms in total. The Balaban J connectivity index is 1.34. The van der Waals surface area contributed by atoms with Gasteiger partial charge in [0.2, 0.25) is 0 Å². The lowest BCUT2D eigenvalue weighted by atomic mass is 9.85. The fourth-order valence-electron chi connectivity index (χ4n) is 4.84. The summed E-state index contributed by atoms with van der Waals surface area (Å²) in [7, 11) is 1.54. The number of ether oxygens (including phenoxy) is 2. The van der Waals surface area contributed by atoms with Gasteiger partial charge in [-0.2, -0.15) is 10.1 Å². The number of benzene rings is 2. The molecule has 3 aliphatic rings. The van der Waals surface area contributed by atoms with E-state index in [0.717, 1.165) is 17.0 Å². The Morgan fingerprint density at radius 2 is 1.84 bits per heavy atom. The molecule has 2 aromatic carbocycles. The topological polar surface area (TPSA) is 68.2 Å². The molecule has 2 bridgehead atoms. The molecule has 32 heavy (non-hydrogen) atoms. The number of hydrazone groups is 1. The number of amides is 2. The molecule has 164 valence electrons. The van der Waals surface area contributed by atoms with Crippen LogP contribution < -0.4 is 9.47 Å². The lowest BCUT2D eigenvalue weighted by molar-refractivity contribution is -0.140. The van der Waals surface area contributed by atoms with Crippen molar-refractivity contribution in [1.82, 2.24) is 5.01 Å². The monoisotopic (exact) mass is 514 g/mol. The highest BCUT2D eigenvalue weighted by Crippen LogP contribution is 2.52. The summed E-state index contributed by atoms with van der Waals surface area (Å²) >= 11 is 9.73. The molecule has 1 heterocycles. The van der Waals surface area contributed by atoms with Crippen LogP contribution in [-0.4, -0.2) is 30.1 Å². The van der Waals surface area contributed by atoms with Crippen LogP contribution in [-0.2, 0) is 16.2 Å². The van der Waals surface area contributed by atoms with Crippen LogP contribution in [0.5, 0.6) is 11.5 Å². The van der Waals surface area contributed by atoms with Gasteiger partial charge in [-0.3, -0.25) is 9.59 Å². The van der Waals surface area contributed by atoms with Crippen LogP contribution in [0.1, 0.15) is 17.5 Å². The van der Waals surface area contributed by atoms with E-state index >= 15 is 0 Å². The summed E-state index contributed by atoms with van der Waals surface area (Å²) in [5.74, 6) is 0.377. The van der Waals surface area contributed by atoms with Crippen molar-refractivity contribution in [3.63, 3.8) is 0 Å². The van der Waals surface area contributed by atoms with Crippen LogP contribution in [0.2, 0.25) is 5.02 Å². The molecule has 1 saturated heterocycles. The first-order valence-electron chi connectivity index (χ1n) is 10.3. The summed E-state index contributed by atoms with van der Waals surface area (Å²) in [6.07, 6.45) is 6.52. The molecular formula is C24H20BrClN2O4. The third kappa shape index (κ3) is 3.53. The van der Waals surface area contributed by atoms with Gasteiger partial charge in [0.05, 0.1) is 29.6 Å². The zero-order valence-electron chi connectivity index (χ0n) is 17.2. The number of rotatable bonds is 6. The van der Waals surface area contributed by atoms with Gasteiger partial charge in [-0.15, -0.1) is 0 Å². The number of carbonyl (C=O) groups is 2. The van der Waals surface area contributed by atoms with E-state index in [0.29, 0.717) is 26.6 Å². The van der Waals surface area contributed by atoms with Crippen LogP contribution in [0.3, 0.4) is 0 Å². The Morgan fingerprint density at radius 3 is 2.50 bits per heavy atom. The Morgan fingerprint density at radius 1 is 1.16 bits per heavy atom. The maximum atomic E-state index is 12.8. The summed E-state index contributed by atoms with van der Waals surface area (Å²) in [4.78, 5) is 25.6. The quantitative estimate of drug-likeness (QED) is 0.314. The average molecular weight is 516 g/mol. The van der Waals surface area contributed by atoms with Crippen molar-refractivity contribution < 1.29 is 19.1 Å². The SMILES string of the molecule is COc1cc(/C=N\N2C(=O)[C@@H]3[C@H](C2=O)[C@H]2C=C[C@H]3C2)cc(Br)c1OCc1ccccc1Cl. The van der Waals surface area contributed by atoms with Gasteiger partial charge in [0.15, 0.2) is 11.5 Å². The molecular weight excluding hydrogens is 496 g/mol. The fourth-order valence-corrected chi connectivity index (χ4v) is 5.61. The first kappa shape index (κ1) is 21.2. The number of allylic oxidation sites excluding steroid dienone is 2. The molecule has 0 N–H and O–H groups in total. The summed E-state index contributed by atoms with van der Waals surface area (Å²) in [6, 6.07) is 11.0. The predicted octanol–water partition coefficient (Wildman–Crippen LogP) is 4.83. The predicted molar refractivity (Wildman–Crippen MR) is 124 cm³/mol. The van der Waals surface area contributed by atoms with Gasteiger partial charge in [0.1, 0.15) is 6.61 Å². The van der Waals surface area contributed by atoms with E-state index in [-0.39, 0.29) is 42.1 Å². The number of halogens is 2. The van der Waals surface area contributed by atoms with Crippen molar-refractivity contribution in [3.05, 3.63) is 69.2 Å². The lowest BCUT2D eigenvalue weighted by Gasteiger charge is -2.14. The van der Waals surface area contributed by atoms with Crippen LogP contribution in [0.15, 0.2) is 58.1 Å². The first-order chi connectivity index (χ1) is 15.5. The van der Waals surface area contributed by atoms with E-state index in [2.05, 4.69) is 33.2 Å². The second kappa shape index (κ2) is 8.37. The number of imide groups is 1. The number of fused-ring (bicyclic) bond motifs is 5. The fraction of sp³-hybridized carbons (Fsp3) is 0.292. The molecule has 0 aromatic heterocycles. The van der Waals surface area contributed by atoms with Crippen molar-refractivity contribution in [2.24, 2.45) is 28.8 Å². The van der Waals surface area contributed by atoms with Crippen molar-refractivity contribution in [3.8, 4) is 11.5 Å². The number of hydrogen-bond acceptors (Lipinski definition) is 5. The Bertz CT molecular complexity index is 1130. The highest BCUT2D eigenvalue weighted by Gasteiger charge is 2.59. The summed E-state index contributed by atoms with van der Waals surface area (Å²) < 4.78 is 12.1. The molecule has 2 amide bonds. The van der Waals surface area contributed by atoms with Crippen molar-refractivity contribution in [1.29, 1.82) is 0 Å². The molecule has 0 unspecified atom stereocenters. The molecule has 2 fully saturated rings. The van der Waals surface area contributed by atoms with Crippen molar-refractivity contribution in [2.75, 3.05) is 7.11 Å². The van der Waals surface area contributed by atoms with Crippen LogP contribution in [0, 0.1) is 23.7 Å². The van der Waals surface area contributed by atoms with Gasteiger partial charge in [-0.05, 0) is 57.9 Å². The average Bonchev–Trinajstić information content (AvgIpc) is 3.46. The van der Waals surface area contributed by atoms with Crippen molar-refractivity contribution >= 4 is 45.6 Å². The maximum Gasteiger partial charge on any atom is 0.254 e. The summed E-state index contributed by atoms with van der Waals surface area (Å²) in [6.45, 7) is 0.276. The molecule has 0 radical (unpaired) electrons. The van der Waals surface area contributed by atoms with Crippen LogP contribution in [0.25, 0.3) is 0 Å². The molecule has 2 aromatic rings. The van der Waals surface area contributed by atoms with Gasteiger partial charge in [-0.25, -0.2) is 0 Å². The highest BCUT2D eigenvalue weighted by atomic mass is 79.9. The molecule has 4 atom stereocenters. The molecule has 2 aliphatic carbocycles. The molecule has 1 saturated carbocycles. The number of nitrogens with zero attached hydrogens (tertiary/aromatic N) is 2. The molecule has 5 rings (SSSR count). The third-order valence-electron chi connectivity index (χ3n) is 6.35. The second-order valence-electron chi connectivity index (χ2n) is 8.15. The largest absolute Gasteiger partial charge is 0.493 e. The van der Waals surface area contributed by atoms with E-state index < -0.39 is 0 Å². The van der Waals surface area contributed by atoms with E-state index in [1.807, 2.05) is 24.3 Å². The zero-order valence-corrected chi connectivity index (χ0v) is 19.5. The van der Waals surface area contributed by atoms with Gasteiger partial charge < -0.3 is 9.47 Å². The van der Waals surface area contributed by atoms with Gasteiger partial charge in [0, 0.05) is 10.6 Å². The first-order valence-corrected chi connectivity index (χ1v) is 11.5. The molecule has 8 heteroatoms. The zero-order chi connectivity index (χ0) is 22.4.